The van der Waals surface area contributed by atoms with Crippen molar-refractivity contribution < 1.29 is 10.0 Å². The molecule has 2 rings (SSSR count). The first kappa shape index (κ1) is 12.2. The largest absolute Gasteiger partial charge is 0.409 e. The molecule has 0 bridgehead atoms. The minimum Gasteiger partial charge on any atom is -0.409 e. The molecule has 0 atom stereocenters. The molecular weight excluding hydrogens is 232 g/mol. The van der Waals surface area contributed by atoms with Gasteiger partial charge in [0.05, 0.1) is 5.69 Å². The number of nitrogens with one attached hydrogen (secondary N) is 1. The summed E-state index contributed by atoms with van der Waals surface area (Å²) >= 11 is 0. The van der Waals surface area contributed by atoms with Crippen LogP contribution in [-0.2, 0) is 0 Å². The molecule has 4 N–H and O–H groups in total. The van der Waals surface area contributed by atoms with Crippen LogP contribution in [-0.4, -0.2) is 35.1 Å². The number of amides is 2. The summed E-state index contributed by atoms with van der Waals surface area (Å²) in [7, 11) is 0. The molecule has 18 heavy (non-hydrogen) atoms. The fraction of sp³-hybridized carbons (Fsp3) is 0.333. The number of nitrogens with zero attached hydrogens (tertiary/aromatic N) is 2. The number of hydrogen-bond donors (Lipinski definition) is 3. The number of anilines is 1. The Morgan fingerprint density at radius 3 is 2.67 bits per heavy atom. The number of amidine groups is 1. The van der Waals surface area contributed by atoms with Gasteiger partial charge in [-0.1, -0.05) is 17.3 Å². The van der Waals surface area contributed by atoms with E-state index in [1.54, 1.807) is 29.2 Å². The zero-order valence-electron chi connectivity index (χ0n) is 9.97. The molecule has 1 heterocycles. The maximum atomic E-state index is 11.9. The standard InChI is InChI=1S/C12H16N4O2/c13-11(15-18)9-5-1-2-6-10(9)14-12(17)16-7-3-4-8-16/h1-2,5-6,18H,3-4,7-8H2,(H2,13,15)(H,14,17). The van der Waals surface area contributed by atoms with Gasteiger partial charge in [-0.3, -0.25) is 0 Å². The van der Waals surface area contributed by atoms with Crippen LogP contribution in [0.5, 0.6) is 0 Å². The van der Waals surface area contributed by atoms with Crippen molar-refractivity contribution in [1.82, 2.24) is 4.90 Å². The van der Waals surface area contributed by atoms with Gasteiger partial charge in [-0.05, 0) is 25.0 Å². The molecule has 0 unspecified atom stereocenters. The number of rotatable bonds is 2. The Hall–Kier alpha value is -2.24. The van der Waals surface area contributed by atoms with Gasteiger partial charge >= 0.3 is 6.03 Å². The summed E-state index contributed by atoms with van der Waals surface area (Å²) in [6.45, 7) is 1.55. The molecule has 96 valence electrons. The molecule has 0 saturated carbocycles. The van der Waals surface area contributed by atoms with Gasteiger partial charge in [0.25, 0.3) is 0 Å². The van der Waals surface area contributed by atoms with E-state index in [4.69, 9.17) is 10.9 Å². The van der Waals surface area contributed by atoms with Gasteiger partial charge in [-0.25, -0.2) is 4.79 Å². The molecule has 1 saturated heterocycles. The second kappa shape index (κ2) is 5.39. The normalized spacial score (nSPS) is 15.8. The lowest BCUT2D eigenvalue weighted by Crippen LogP contribution is -2.33. The van der Waals surface area contributed by atoms with E-state index in [1.165, 1.54) is 0 Å². The molecule has 2 amide bonds. The average Bonchev–Trinajstić information content (AvgIpc) is 2.92. The first-order chi connectivity index (χ1) is 8.72. The van der Waals surface area contributed by atoms with Crippen molar-refractivity contribution in [3.63, 3.8) is 0 Å². The van der Waals surface area contributed by atoms with Gasteiger partial charge in [0.2, 0.25) is 0 Å². The minimum atomic E-state index is -0.148. The van der Waals surface area contributed by atoms with Crippen LogP contribution in [0.4, 0.5) is 10.5 Å². The highest BCUT2D eigenvalue weighted by atomic mass is 16.4. The summed E-state index contributed by atoms with van der Waals surface area (Å²) in [6.07, 6.45) is 2.07. The number of para-hydroxylation sites is 1. The van der Waals surface area contributed by atoms with Crippen LogP contribution in [0.25, 0.3) is 0 Å². The number of benzene rings is 1. The molecule has 1 aromatic carbocycles. The first-order valence-electron chi connectivity index (χ1n) is 5.85. The van der Waals surface area contributed by atoms with Crippen LogP contribution in [0.2, 0.25) is 0 Å². The van der Waals surface area contributed by atoms with Gasteiger partial charge in [-0.15, -0.1) is 0 Å². The van der Waals surface area contributed by atoms with E-state index in [0.29, 0.717) is 11.3 Å². The van der Waals surface area contributed by atoms with E-state index in [1.807, 2.05) is 0 Å². The monoisotopic (exact) mass is 248 g/mol. The Kier molecular flexibility index (Phi) is 3.66. The van der Waals surface area contributed by atoms with Crippen LogP contribution in [0.3, 0.4) is 0 Å². The Bertz CT molecular complexity index is 467. The molecule has 0 aliphatic carbocycles. The third-order valence-corrected chi connectivity index (χ3v) is 2.95. The topological polar surface area (TPSA) is 91.0 Å². The fourth-order valence-corrected chi connectivity index (χ4v) is 1.98. The van der Waals surface area contributed by atoms with Crippen LogP contribution >= 0.6 is 0 Å². The van der Waals surface area contributed by atoms with Crippen LogP contribution in [0.15, 0.2) is 29.4 Å². The molecule has 1 aromatic rings. The van der Waals surface area contributed by atoms with Crippen LogP contribution in [0, 0.1) is 0 Å². The van der Waals surface area contributed by atoms with Gasteiger partial charge in [-0.2, -0.15) is 0 Å². The van der Waals surface area contributed by atoms with E-state index < -0.39 is 0 Å². The van der Waals surface area contributed by atoms with Gasteiger partial charge in [0, 0.05) is 18.7 Å². The number of urea groups is 1. The second-order valence-corrected chi connectivity index (χ2v) is 4.16. The Morgan fingerprint density at radius 2 is 2.00 bits per heavy atom. The number of hydrogen-bond acceptors (Lipinski definition) is 3. The highest BCUT2D eigenvalue weighted by molar-refractivity contribution is 6.05. The fourth-order valence-electron chi connectivity index (χ4n) is 1.98. The number of carbonyl (C=O) groups excluding carboxylic acids is 1. The van der Waals surface area contributed by atoms with Crippen molar-refractivity contribution >= 4 is 17.6 Å². The molecule has 6 nitrogen and oxygen atoms in total. The van der Waals surface area contributed by atoms with E-state index >= 15 is 0 Å². The summed E-state index contributed by atoms with van der Waals surface area (Å²) < 4.78 is 0. The van der Waals surface area contributed by atoms with Crippen LogP contribution in [0.1, 0.15) is 18.4 Å². The zero-order chi connectivity index (χ0) is 13.0. The predicted octanol–water partition coefficient (Wildman–Crippen LogP) is 1.41. The van der Waals surface area contributed by atoms with Gasteiger partial charge in [0.15, 0.2) is 5.84 Å². The van der Waals surface area contributed by atoms with Crippen molar-refractivity contribution in [2.75, 3.05) is 18.4 Å². The molecule has 0 aromatic heterocycles. The molecule has 1 aliphatic rings. The van der Waals surface area contributed by atoms with E-state index in [9.17, 15) is 4.79 Å². The van der Waals surface area contributed by atoms with Gasteiger partial charge in [0.1, 0.15) is 0 Å². The number of carbonyl (C=O) groups is 1. The summed E-state index contributed by atoms with van der Waals surface area (Å²) in [5, 5.41) is 14.4. The molecule has 1 aliphatic heterocycles. The lowest BCUT2D eigenvalue weighted by molar-refractivity contribution is 0.222. The maximum Gasteiger partial charge on any atom is 0.321 e. The Balaban J connectivity index is 2.15. The molecule has 1 fully saturated rings. The SMILES string of the molecule is NC(=NO)c1ccccc1NC(=O)N1CCCC1. The average molecular weight is 248 g/mol. The van der Waals surface area contributed by atoms with Crippen molar-refractivity contribution in [2.45, 2.75) is 12.8 Å². The van der Waals surface area contributed by atoms with Crippen LogP contribution < -0.4 is 11.1 Å². The maximum absolute atomic E-state index is 11.9. The quantitative estimate of drug-likeness (QED) is 0.320. The van der Waals surface area contributed by atoms with E-state index in [0.717, 1.165) is 25.9 Å². The van der Waals surface area contributed by atoms with Crippen molar-refractivity contribution in [2.24, 2.45) is 10.9 Å². The highest BCUT2D eigenvalue weighted by Gasteiger charge is 2.19. The van der Waals surface area contributed by atoms with Gasteiger partial charge < -0.3 is 21.2 Å². The predicted molar refractivity (Wildman–Crippen MR) is 68.8 cm³/mol. The van der Waals surface area contributed by atoms with Crippen molar-refractivity contribution in [1.29, 1.82) is 0 Å². The zero-order valence-corrected chi connectivity index (χ0v) is 9.97. The Labute approximate surface area is 105 Å². The number of nitrogens with two attached hydrogens (primary N) is 1. The summed E-state index contributed by atoms with van der Waals surface area (Å²) in [6, 6.07) is 6.81. The summed E-state index contributed by atoms with van der Waals surface area (Å²) in [5.74, 6) is -0.0210. The smallest absolute Gasteiger partial charge is 0.321 e. The first-order valence-corrected chi connectivity index (χ1v) is 5.85. The van der Waals surface area contributed by atoms with E-state index in [-0.39, 0.29) is 11.9 Å². The third kappa shape index (κ3) is 2.53. The second-order valence-electron chi connectivity index (χ2n) is 4.16. The highest BCUT2D eigenvalue weighted by Crippen LogP contribution is 2.16. The van der Waals surface area contributed by atoms with E-state index in [2.05, 4.69) is 10.5 Å². The molecular formula is C12H16N4O2. The van der Waals surface area contributed by atoms with Crippen molar-refractivity contribution in [3.8, 4) is 0 Å². The number of likely N-dealkylation sites (tertiary alicyclic amines) is 1. The minimum absolute atomic E-state index is 0.0210. The molecule has 0 spiro atoms. The molecule has 6 heteroatoms. The lowest BCUT2D eigenvalue weighted by atomic mass is 10.1. The molecule has 0 radical (unpaired) electrons. The van der Waals surface area contributed by atoms with Crippen molar-refractivity contribution in [3.05, 3.63) is 29.8 Å². The third-order valence-electron chi connectivity index (χ3n) is 2.95. The summed E-state index contributed by atoms with van der Waals surface area (Å²) in [4.78, 5) is 13.7. The number of oxime groups is 1. The summed E-state index contributed by atoms with van der Waals surface area (Å²) in [5.41, 5.74) is 6.61. The lowest BCUT2D eigenvalue weighted by Gasteiger charge is -2.17. The Morgan fingerprint density at radius 1 is 1.33 bits per heavy atom.